The third kappa shape index (κ3) is 5.30. The van der Waals surface area contributed by atoms with E-state index in [1.807, 2.05) is 33.9 Å². The number of carbonyl (C=O) groups is 1. The Morgan fingerprint density at radius 2 is 1.79 bits per heavy atom. The molecule has 0 saturated carbocycles. The largest absolute Gasteiger partial charge is 0.462 e. The van der Waals surface area contributed by atoms with Crippen LogP contribution in [0.1, 0.15) is 49.4 Å². The lowest BCUT2D eigenvalue weighted by Crippen LogP contribution is -2.40. The van der Waals surface area contributed by atoms with E-state index in [1.54, 1.807) is 6.92 Å². The van der Waals surface area contributed by atoms with E-state index in [0.717, 1.165) is 0 Å². The zero-order chi connectivity index (χ0) is 18.8. The van der Waals surface area contributed by atoms with Crippen molar-refractivity contribution in [3.05, 3.63) is 29.1 Å². The summed E-state index contributed by atoms with van der Waals surface area (Å²) in [5.41, 5.74) is -1.23. The first-order valence-electron chi connectivity index (χ1n) is 7.67. The highest BCUT2D eigenvalue weighted by Crippen LogP contribution is 2.37. The molecule has 0 saturated heterocycles. The normalized spacial score (nSPS) is 13.0. The van der Waals surface area contributed by atoms with Crippen molar-refractivity contribution in [2.75, 3.05) is 6.61 Å². The van der Waals surface area contributed by atoms with Crippen LogP contribution >= 0.6 is 0 Å². The van der Waals surface area contributed by atoms with Crippen LogP contribution in [-0.2, 0) is 21.9 Å². The zero-order valence-corrected chi connectivity index (χ0v) is 15.9. The van der Waals surface area contributed by atoms with Gasteiger partial charge in [-0.1, -0.05) is 20.8 Å². The summed E-state index contributed by atoms with van der Waals surface area (Å²) in [4.78, 5) is 15.4. The van der Waals surface area contributed by atoms with Crippen molar-refractivity contribution < 1.29 is 27.1 Å². The summed E-state index contributed by atoms with van der Waals surface area (Å²) in [6.45, 7) is 11.7. The van der Waals surface area contributed by atoms with Gasteiger partial charge in [-0.25, -0.2) is 9.78 Å². The fourth-order valence-corrected chi connectivity index (χ4v) is 2.55. The highest BCUT2D eigenvalue weighted by atomic mass is 28.4. The van der Waals surface area contributed by atoms with Crippen LogP contribution in [-0.4, -0.2) is 25.9 Å². The molecule has 0 atom stereocenters. The number of rotatable bonds is 5. The second-order valence-electron chi connectivity index (χ2n) is 7.00. The second-order valence-corrected chi connectivity index (χ2v) is 11.8. The van der Waals surface area contributed by atoms with E-state index >= 15 is 0 Å². The molecule has 0 aromatic carbocycles. The number of aromatic nitrogens is 1. The smallest absolute Gasteiger partial charge is 0.433 e. The van der Waals surface area contributed by atoms with Crippen LogP contribution in [0.3, 0.4) is 0 Å². The van der Waals surface area contributed by atoms with Crippen molar-refractivity contribution >= 4 is 14.3 Å². The van der Waals surface area contributed by atoms with Gasteiger partial charge in [0.25, 0.3) is 0 Å². The highest BCUT2D eigenvalue weighted by Gasteiger charge is 2.38. The lowest BCUT2D eigenvalue weighted by atomic mass is 10.2. The molecule has 4 nitrogen and oxygen atoms in total. The first kappa shape index (κ1) is 20.6. The lowest BCUT2D eigenvalue weighted by Gasteiger charge is -2.36. The van der Waals surface area contributed by atoms with Gasteiger partial charge in [-0.15, -0.1) is 0 Å². The Kier molecular flexibility index (Phi) is 6.21. The van der Waals surface area contributed by atoms with Crippen molar-refractivity contribution in [3.63, 3.8) is 0 Å². The Hall–Kier alpha value is -1.41. The second kappa shape index (κ2) is 7.22. The van der Waals surface area contributed by atoms with E-state index in [1.165, 1.54) is 6.07 Å². The van der Waals surface area contributed by atoms with E-state index in [2.05, 4.69) is 4.98 Å². The Morgan fingerprint density at radius 1 is 1.21 bits per heavy atom. The SMILES string of the molecule is CCOC(=O)c1cc(CO[Si](C)(C)C(C)(C)C)nc(C(F)(F)F)c1. The molecule has 24 heavy (non-hydrogen) atoms. The molecule has 1 aromatic rings. The van der Waals surface area contributed by atoms with Crippen molar-refractivity contribution in [1.29, 1.82) is 0 Å². The molecule has 0 radical (unpaired) electrons. The molecule has 0 aliphatic heterocycles. The predicted molar refractivity (Wildman–Crippen MR) is 87.2 cm³/mol. The summed E-state index contributed by atoms with van der Waals surface area (Å²) >= 11 is 0. The number of alkyl halides is 3. The van der Waals surface area contributed by atoms with Crippen LogP contribution in [0, 0.1) is 0 Å². The molecule has 1 aromatic heterocycles. The Bertz CT molecular complexity index is 595. The number of hydrogen-bond acceptors (Lipinski definition) is 4. The van der Waals surface area contributed by atoms with Gasteiger partial charge < -0.3 is 9.16 Å². The van der Waals surface area contributed by atoms with Crippen LogP contribution in [0.2, 0.25) is 18.1 Å². The molecule has 0 fully saturated rings. The summed E-state index contributed by atoms with van der Waals surface area (Å²) in [6, 6.07) is 1.99. The van der Waals surface area contributed by atoms with E-state index in [0.29, 0.717) is 6.07 Å². The minimum Gasteiger partial charge on any atom is -0.462 e. The van der Waals surface area contributed by atoms with Gasteiger partial charge in [0.1, 0.15) is 5.69 Å². The van der Waals surface area contributed by atoms with E-state index < -0.39 is 26.2 Å². The summed E-state index contributed by atoms with van der Waals surface area (Å²) < 4.78 is 49.7. The van der Waals surface area contributed by atoms with Crippen molar-refractivity contribution in [2.24, 2.45) is 0 Å². The third-order valence-electron chi connectivity index (χ3n) is 4.07. The van der Waals surface area contributed by atoms with Gasteiger partial charge in [-0.05, 0) is 37.2 Å². The fraction of sp³-hybridized carbons (Fsp3) is 0.625. The molecule has 1 heterocycles. The topological polar surface area (TPSA) is 48.4 Å². The monoisotopic (exact) mass is 363 g/mol. The maximum Gasteiger partial charge on any atom is 0.433 e. The van der Waals surface area contributed by atoms with Crippen LogP contribution in [0.15, 0.2) is 12.1 Å². The summed E-state index contributed by atoms with van der Waals surface area (Å²) in [5.74, 6) is -0.807. The highest BCUT2D eigenvalue weighted by molar-refractivity contribution is 6.74. The number of hydrogen-bond donors (Lipinski definition) is 0. The van der Waals surface area contributed by atoms with E-state index in [9.17, 15) is 18.0 Å². The minimum absolute atomic E-state index is 0.0673. The van der Waals surface area contributed by atoms with Gasteiger partial charge in [0.15, 0.2) is 8.32 Å². The predicted octanol–water partition coefficient (Wildman–Crippen LogP) is 4.80. The molecule has 0 aliphatic rings. The number of carbonyl (C=O) groups excluding carboxylic acids is 1. The maximum atomic E-state index is 13.0. The van der Waals surface area contributed by atoms with Crippen LogP contribution in [0.5, 0.6) is 0 Å². The van der Waals surface area contributed by atoms with Gasteiger partial charge in [0.2, 0.25) is 0 Å². The third-order valence-corrected chi connectivity index (χ3v) is 8.55. The Morgan fingerprint density at radius 3 is 2.25 bits per heavy atom. The molecular formula is C16H24F3NO3Si. The first-order chi connectivity index (χ1) is 10.8. The van der Waals surface area contributed by atoms with Gasteiger partial charge >= 0.3 is 12.1 Å². The molecule has 0 unspecified atom stereocenters. The lowest BCUT2D eigenvalue weighted by molar-refractivity contribution is -0.141. The van der Waals surface area contributed by atoms with E-state index in [-0.39, 0.29) is 29.5 Å². The van der Waals surface area contributed by atoms with Gasteiger partial charge in [0.05, 0.1) is 24.5 Å². The van der Waals surface area contributed by atoms with Crippen molar-refractivity contribution in [1.82, 2.24) is 4.98 Å². The van der Waals surface area contributed by atoms with Gasteiger partial charge in [-0.2, -0.15) is 13.2 Å². The number of pyridine rings is 1. The van der Waals surface area contributed by atoms with Gasteiger partial charge in [0, 0.05) is 0 Å². The summed E-state index contributed by atoms with van der Waals surface area (Å²) in [7, 11) is -2.15. The maximum absolute atomic E-state index is 13.0. The molecule has 8 heteroatoms. The average molecular weight is 363 g/mol. The number of esters is 1. The molecule has 0 N–H and O–H groups in total. The molecule has 0 amide bonds. The first-order valence-corrected chi connectivity index (χ1v) is 10.6. The molecule has 0 aliphatic carbocycles. The van der Waals surface area contributed by atoms with Crippen LogP contribution in [0.25, 0.3) is 0 Å². The van der Waals surface area contributed by atoms with E-state index in [4.69, 9.17) is 9.16 Å². The minimum atomic E-state index is -4.64. The number of ether oxygens (including phenoxy) is 1. The Balaban J connectivity index is 3.14. The molecule has 136 valence electrons. The quantitative estimate of drug-likeness (QED) is 0.557. The average Bonchev–Trinajstić information content (AvgIpc) is 2.43. The van der Waals surface area contributed by atoms with Gasteiger partial charge in [-0.3, -0.25) is 0 Å². The van der Waals surface area contributed by atoms with Crippen molar-refractivity contribution in [3.8, 4) is 0 Å². The number of halogens is 3. The standard InChI is InChI=1S/C16H24F3NO3Si/c1-7-22-14(21)11-8-12(20-13(9-11)16(17,18)19)10-23-24(5,6)15(2,3)4/h8-9H,7,10H2,1-6H3. The molecule has 0 bridgehead atoms. The summed E-state index contributed by atoms with van der Waals surface area (Å²) in [6.07, 6.45) is -4.64. The molecule has 1 rings (SSSR count). The molecular weight excluding hydrogens is 339 g/mol. The summed E-state index contributed by atoms with van der Waals surface area (Å²) in [5, 5.41) is -0.0847. The Labute approximate surface area is 141 Å². The van der Waals surface area contributed by atoms with Crippen molar-refractivity contribution in [2.45, 2.75) is 58.6 Å². The number of nitrogens with zero attached hydrogens (tertiary/aromatic N) is 1. The zero-order valence-electron chi connectivity index (χ0n) is 14.9. The fourth-order valence-electron chi connectivity index (χ4n) is 1.61. The molecule has 0 spiro atoms. The van der Waals surface area contributed by atoms with Crippen LogP contribution in [0.4, 0.5) is 13.2 Å². The van der Waals surface area contributed by atoms with Crippen LogP contribution < -0.4 is 0 Å².